The number of aliphatic hydroxyl groups is 1. The van der Waals surface area contributed by atoms with E-state index in [9.17, 15) is 9.90 Å². The molecule has 4 heteroatoms. The first-order valence-electron chi connectivity index (χ1n) is 6.66. The van der Waals surface area contributed by atoms with Gasteiger partial charge in [0, 0.05) is 13.1 Å². The van der Waals surface area contributed by atoms with Gasteiger partial charge >= 0.3 is 6.03 Å². The predicted octanol–water partition coefficient (Wildman–Crippen LogP) is 1.88. The molecule has 1 fully saturated rings. The molecule has 1 aliphatic carbocycles. The molecule has 0 aromatic carbocycles. The minimum Gasteiger partial charge on any atom is -0.388 e. The molecule has 2 amide bonds. The molecule has 0 radical (unpaired) electrons. The zero-order valence-corrected chi connectivity index (χ0v) is 11.3. The van der Waals surface area contributed by atoms with E-state index in [0.717, 1.165) is 18.9 Å². The average molecular weight is 242 g/mol. The fraction of sp³-hybridized carbons (Fsp3) is 0.923. The molecule has 0 aromatic heterocycles. The molecule has 17 heavy (non-hydrogen) atoms. The maximum atomic E-state index is 11.5. The van der Waals surface area contributed by atoms with E-state index in [-0.39, 0.29) is 11.9 Å². The lowest BCUT2D eigenvalue weighted by molar-refractivity contribution is 0.0166. The average Bonchev–Trinajstić information content (AvgIpc) is 2.18. The molecule has 0 aromatic rings. The minimum atomic E-state index is -0.842. The summed E-state index contributed by atoms with van der Waals surface area (Å²) < 4.78 is 0. The summed E-state index contributed by atoms with van der Waals surface area (Å²) in [6.45, 7) is 6.65. The Labute approximate surface area is 104 Å². The summed E-state index contributed by atoms with van der Waals surface area (Å²) in [5.74, 6) is 0.937. The van der Waals surface area contributed by atoms with Crippen molar-refractivity contribution in [3.63, 3.8) is 0 Å². The van der Waals surface area contributed by atoms with Crippen molar-refractivity contribution in [2.24, 2.45) is 11.8 Å². The first-order chi connectivity index (χ1) is 7.92. The molecule has 3 N–H and O–H groups in total. The Bertz CT molecular complexity index is 248. The standard InChI is InChI=1S/C13H26N2O2/c1-10(2)13(3,17)9-15-12(16)14-8-7-11-5-4-6-11/h10-11,17H,4-9H2,1-3H3,(H2,14,15,16). The summed E-state index contributed by atoms with van der Waals surface area (Å²) >= 11 is 0. The number of urea groups is 1. The Balaban J connectivity index is 2.07. The molecule has 100 valence electrons. The second kappa shape index (κ2) is 6.24. The smallest absolute Gasteiger partial charge is 0.314 e. The topological polar surface area (TPSA) is 61.4 Å². The lowest BCUT2D eigenvalue weighted by Gasteiger charge is -2.28. The number of hydrogen-bond donors (Lipinski definition) is 3. The predicted molar refractivity (Wildman–Crippen MR) is 68.8 cm³/mol. The maximum absolute atomic E-state index is 11.5. The van der Waals surface area contributed by atoms with Crippen LogP contribution in [0.5, 0.6) is 0 Å². The summed E-state index contributed by atoms with van der Waals surface area (Å²) in [5, 5.41) is 15.5. The van der Waals surface area contributed by atoms with Gasteiger partial charge < -0.3 is 15.7 Å². The van der Waals surface area contributed by atoms with Crippen LogP contribution in [0.25, 0.3) is 0 Å². The Kier molecular flexibility index (Phi) is 5.25. The van der Waals surface area contributed by atoms with Gasteiger partial charge in [-0.15, -0.1) is 0 Å². The molecule has 0 spiro atoms. The van der Waals surface area contributed by atoms with Crippen LogP contribution in [0.3, 0.4) is 0 Å². The van der Waals surface area contributed by atoms with Crippen LogP contribution in [-0.2, 0) is 0 Å². The van der Waals surface area contributed by atoms with E-state index in [2.05, 4.69) is 10.6 Å². The second-order valence-corrected chi connectivity index (χ2v) is 5.71. The molecule has 0 aliphatic heterocycles. The third kappa shape index (κ3) is 4.94. The van der Waals surface area contributed by atoms with Crippen molar-refractivity contribution in [1.82, 2.24) is 10.6 Å². The number of rotatable bonds is 6. The molecular weight excluding hydrogens is 216 g/mol. The van der Waals surface area contributed by atoms with E-state index >= 15 is 0 Å². The first-order valence-corrected chi connectivity index (χ1v) is 6.66. The van der Waals surface area contributed by atoms with E-state index < -0.39 is 5.60 Å². The fourth-order valence-corrected chi connectivity index (χ4v) is 1.70. The van der Waals surface area contributed by atoms with Crippen LogP contribution in [0.4, 0.5) is 4.79 Å². The van der Waals surface area contributed by atoms with Crippen LogP contribution in [0.15, 0.2) is 0 Å². The van der Waals surface area contributed by atoms with E-state index in [1.54, 1.807) is 6.92 Å². The van der Waals surface area contributed by atoms with Gasteiger partial charge in [-0.2, -0.15) is 0 Å². The Hall–Kier alpha value is -0.770. The summed E-state index contributed by atoms with van der Waals surface area (Å²) in [6.07, 6.45) is 5.04. The summed E-state index contributed by atoms with van der Waals surface area (Å²) in [5.41, 5.74) is -0.842. The molecule has 0 bridgehead atoms. The quantitative estimate of drug-likeness (QED) is 0.666. The molecule has 4 nitrogen and oxygen atoms in total. The summed E-state index contributed by atoms with van der Waals surface area (Å²) in [6, 6.07) is -0.176. The lowest BCUT2D eigenvalue weighted by atomic mass is 9.83. The number of carbonyl (C=O) groups is 1. The van der Waals surface area contributed by atoms with E-state index in [0.29, 0.717) is 6.54 Å². The largest absolute Gasteiger partial charge is 0.388 e. The third-order valence-corrected chi connectivity index (χ3v) is 3.91. The number of hydrogen-bond acceptors (Lipinski definition) is 2. The minimum absolute atomic E-state index is 0.123. The van der Waals surface area contributed by atoms with Crippen LogP contribution in [0.2, 0.25) is 0 Å². The third-order valence-electron chi connectivity index (χ3n) is 3.91. The van der Waals surface area contributed by atoms with Crippen molar-refractivity contribution in [1.29, 1.82) is 0 Å². The summed E-state index contributed by atoms with van der Waals surface area (Å²) in [4.78, 5) is 11.5. The highest BCUT2D eigenvalue weighted by atomic mass is 16.3. The first kappa shape index (κ1) is 14.3. The maximum Gasteiger partial charge on any atom is 0.314 e. The highest BCUT2D eigenvalue weighted by Crippen LogP contribution is 2.28. The summed E-state index contributed by atoms with van der Waals surface area (Å²) in [7, 11) is 0. The van der Waals surface area contributed by atoms with Crippen molar-refractivity contribution in [2.45, 2.75) is 52.1 Å². The van der Waals surface area contributed by atoms with E-state index in [1.807, 2.05) is 13.8 Å². The van der Waals surface area contributed by atoms with Crippen molar-refractivity contribution in [2.75, 3.05) is 13.1 Å². The van der Waals surface area contributed by atoms with Crippen LogP contribution in [-0.4, -0.2) is 29.8 Å². The van der Waals surface area contributed by atoms with Crippen LogP contribution < -0.4 is 10.6 Å². The zero-order chi connectivity index (χ0) is 12.9. The van der Waals surface area contributed by atoms with Gasteiger partial charge in [0.25, 0.3) is 0 Å². The molecule has 1 atom stereocenters. The SMILES string of the molecule is CC(C)C(C)(O)CNC(=O)NCCC1CCC1. The van der Waals surface area contributed by atoms with Crippen LogP contribution >= 0.6 is 0 Å². The van der Waals surface area contributed by atoms with E-state index in [1.165, 1.54) is 19.3 Å². The molecule has 0 heterocycles. The van der Waals surface area contributed by atoms with Gasteiger partial charge in [-0.1, -0.05) is 33.1 Å². The Morgan fingerprint density at radius 1 is 1.41 bits per heavy atom. The number of nitrogens with one attached hydrogen (secondary N) is 2. The van der Waals surface area contributed by atoms with Gasteiger partial charge in [-0.25, -0.2) is 4.79 Å². The molecular formula is C13H26N2O2. The second-order valence-electron chi connectivity index (χ2n) is 5.71. The van der Waals surface area contributed by atoms with Gasteiger partial charge in [-0.3, -0.25) is 0 Å². The van der Waals surface area contributed by atoms with Gasteiger partial charge in [0.2, 0.25) is 0 Å². The Morgan fingerprint density at radius 3 is 2.53 bits per heavy atom. The molecule has 1 aliphatic rings. The van der Waals surface area contributed by atoms with Gasteiger partial charge in [0.05, 0.1) is 5.60 Å². The zero-order valence-electron chi connectivity index (χ0n) is 11.3. The normalized spacial score (nSPS) is 19.6. The van der Waals surface area contributed by atoms with Gasteiger partial charge in [0.15, 0.2) is 0 Å². The van der Waals surface area contributed by atoms with Crippen LogP contribution in [0.1, 0.15) is 46.5 Å². The number of amides is 2. The Morgan fingerprint density at radius 2 is 2.06 bits per heavy atom. The molecule has 1 rings (SSSR count). The van der Waals surface area contributed by atoms with Crippen molar-refractivity contribution < 1.29 is 9.90 Å². The van der Waals surface area contributed by atoms with Crippen molar-refractivity contribution in [3.05, 3.63) is 0 Å². The number of carbonyl (C=O) groups excluding carboxylic acids is 1. The highest BCUT2D eigenvalue weighted by molar-refractivity contribution is 5.73. The molecule has 1 saturated carbocycles. The van der Waals surface area contributed by atoms with Crippen molar-refractivity contribution in [3.8, 4) is 0 Å². The fourth-order valence-electron chi connectivity index (χ4n) is 1.70. The van der Waals surface area contributed by atoms with Crippen LogP contribution in [0, 0.1) is 11.8 Å². The molecule has 1 unspecified atom stereocenters. The van der Waals surface area contributed by atoms with Gasteiger partial charge in [-0.05, 0) is 25.2 Å². The van der Waals surface area contributed by atoms with Crippen molar-refractivity contribution >= 4 is 6.03 Å². The molecule has 0 saturated heterocycles. The monoisotopic (exact) mass is 242 g/mol. The van der Waals surface area contributed by atoms with E-state index in [4.69, 9.17) is 0 Å². The lowest BCUT2D eigenvalue weighted by Crippen LogP contribution is -2.47. The highest BCUT2D eigenvalue weighted by Gasteiger charge is 2.25. The van der Waals surface area contributed by atoms with Gasteiger partial charge in [0.1, 0.15) is 0 Å².